The van der Waals surface area contributed by atoms with Gasteiger partial charge in [-0.05, 0) is 74.4 Å². The predicted molar refractivity (Wildman–Crippen MR) is 195 cm³/mol. The second-order valence-electron chi connectivity index (χ2n) is 12.9. The highest BCUT2D eigenvalue weighted by Crippen LogP contribution is 2.42. The minimum absolute atomic E-state index is 0.0238. The minimum Gasteiger partial charge on any atom is -0.478 e. The van der Waals surface area contributed by atoms with Crippen LogP contribution in [0.15, 0.2) is 71.2 Å². The molecule has 50 heavy (non-hydrogen) atoms. The van der Waals surface area contributed by atoms with Gasteiger partial charge in [0.25, 0.3) is 5.91 Å². The molecule has 2 heterocycles. The SMILES string of the molecule is CN(C)c1ccc2c(-c3ccc(C(=O)NCCCCCNC(=O)OCC4CC/C=C/CCO4)cc3C(=O)O)c3ccc(=[N+](C)C)cc-3oc2c1. The molecule has 0 saturated heterocycles. The van der Waals surface area contributed by atoms with Gasteiger partial charge >= 0.3 is 12.1 Å². The van der Waals surface area contributed by atoms with Crippen LogP contribution in [-0.4, -0.2) is 83.7 Å². The fraction of sp³-hybridized carbons (Fsp3) is 0.385. The Morgan fingerprint density at radius 3 is 2.44 bits per heavy atom. The zero-order valence-electron chi connectivity index (χ0n) is 29.3. The number of allylic oxidation sites excluding steroid dienone is 1. The molecule has 2 aromatic rings. The molecule has 0 aromatic heterocycles. The van der Waals surface area contributed by atoms with E-state index < -0.39 is 12.1 Å². The zero-order chi connectivity index (χ0) is 35.6. The smallest absolute Gasteiger partial charge is 0.407 e. The maximum atomic E-state index is 13.1. The Labute approximate surface area is 292 Å². The third-order valence-corrected chi connectivity index (χ3v) is 8.77. The highest BCUT2D eigenvalue weighted by atomic mass is 16.6. The van der Waals surface area contributed by atoms with Crippen LogP contribution < -0.4 is 25.5 Å². The lowest BCUT2D eigenvalue weighted by molar-refractivity contribution is 0.00189. The number of carboxylic acid groups (broad SMARTS) is 1. The van der Waals surface area contributed by atoms with Crippen molar-refractivity contribution in [2.45, 2.75) is 44.6 Å². The van der Waals surface area contributed by atoms with Crippen molar-refractivity contribution in [3.63, 3.8) is 0 Å². The van der Waals surface area contributed by atoms with Gasteiger partial charge in [-0.15, -0.1) is 0 Å². The summed E-state index contributed by atoms with van der Waals surface area (Å²) in [6.07, 6.45) is 8.51. The van der Waals surface area contributed by atoms with Crippen molar-refractivity contribution in [1.82, 2.24) is 15.2 Å². The Hall–Kier alpha value is -5.16. The second kappa shape index (κ2) is 17.0. The van der Waals surface area contributed by atoms with Crippen LogP contribution in [0.25, 0.3) is 33.4 Å². The summed E-state index contributed by atoms with van der Waals surface area (Å²) >= 11 is 0. The van der Waals surface area contributed by atoms with E-state index in [1.54, 1.807) is 12.1 Å². The molecule has 0 bridgehead atoms. The van der Waals surface area contributed by atoms with Gasteiger partial charge in [-0.25, -0.2) is 14.2 Å². The summed E-state index contributed by atoms with van der Waals surface area (Å²) in [6, 6.07) is 16.5. The summed E-state index contributed by atoms with van der Waals surface area (Å²) in [5, 5.41) is 17.7. The van der Waals surface area contributed by atoms with Crippen LogP contribution in [0.1, 0.15) is 59.2 Å². The molecule has 0 spiro atoms. The Morgan fingerprint density at radius 1 is 0.920 bits per heavy atom. The first-order valence-corrected chi connectivity index (χ1v) is 17.1. The van der Waals surface area contributed by atoms with Gasteiger partial charge < -0.3 is 34.5 Å². The number of benzene rings is 3. The van der Waals surface area contributed by atoms with Gasteiger partial charge in [0, 0.05) is 67.1 Å². The number of carbonyl (C=O) groups excluding carboxylic acids is 2. The topological polar surface area (TPSA) is 133 Å². The van der Waals surface area contributed by atoms with E-state index in [1.807, 2.05) is 74.1 Å². The van der Waals surface area contributed by atoms with Crippen LogP contribution in [0.2, 0.25) is 0 Å². The number of unbranched alkanes of at least 4 members (excludes halogenated alkanes) is 2. The van der Waals surface area contributed by atoms with Gasteiger partial charge in [-0.2, -0.15) is 0 Å². The van der Waals surface area contributed by atoms with Gasteiger partial charge in [0.2, 0.25) is 5.36 Å². The van der Waals surface area contributed by atoms with Crippen LogP contribution in [0.3, 0.4) is 0 Å². The molecule has 1 aliphatic carbocycles. The molecule has 1 atom stereocenters. The standard InChI is InChI=1S/C39H46N4O7/c1-42(2)27-14-17-31-34(23-27)50-35-24-28(43(3)4)15-18-32(35)36(31)30-16-13-26(22-33(30)38(45)46)37(44)40-19-9-7-10-20-41-39(47)49-25-29-12-8-5-6-11-21-48-29/h5-6,13-18,22-24,29H,7-12,19-21,25H2,1-4H3,(H2-,40,41,44,45,46,47)/p+1/b6-5+. The Kier molecular flexibility index (Phi) is 12.3. The molecule has 2 aliphatic heterocycles. The van der Waals surface area contributed by atoms with E-state index in [1.165, 1.54) is 6.07 Å². The molecule has 3 N–H and O–H groups in total. The fourth-order valence-electron chi connectivity index (χ4n) is 5.97. The summed E-state index contributed by atoms with van der Waals surface area (Å²) < 4.78 is 19.4. The molecular weight excluding hydrogens is 636 g/mol. The first-order chi connectivity index (χ1) is 24.1. The number of carboxylic acids is 1. The van der Waals surface area contributed by atoms with Gasteiger partial charge in [0.05, 0.1) is 24.3 Å². The average molecular weight is 684 g/mol. The predicted octanol–water partition coefficient (Wildman–Crippen LogP) is 5.75. The van der Waals surface area contributed by atoms with Gasteiger partial charge in [0.1, 0.15) is 32.0 Å². The molecule has 5 rings (SSSR count). The molecule has 0 saturated carbocycles. The van der Waals surface area contributed by atoms with Gasteiger partial charge in [0.15, 0.2) is 0 Å². The van der Waals surface area contributed by atoms with Crippen LogP contribution in [0.5, 0.6) is 0 Å². The van der Waals surface area contributed by atoms with Crippen LogP contribution >= 0.6 is 0 Å². The van der Waals surface area contributed by atoms with Crippen LogP contribution in [-0.2, 0) is 9.47 Å². The van der Waals surface area contributed by atoms with Gasteiger partial charge in [-0.1, -0.05) is 18.2 Å². The van der Waals surface area contributed by atoms with E-state index in [0.717, 1.165) is 59.7 Å². The van der Waals surface area contributed by atoms with Crippen molar-refractivity contribution >= 4 is 34.6 Å². The van der Waals surface area contributed by atoms with Gasteiger partial charge in [-0.3, -0.25) is 4.79 Å². The number of nitrogens with zero attached hydrogens (tertiary/aromatic N) is 2. The number of carbonyl (C=O) groups is 3. The second-order valence-corrected chi connectivity index (χ2v) is 12.9. The molecule has 2 aromatic carbocycles. The summed E-state index contributed by atoms with van der Waals surface area (Å²) in [4.78, 5) is 39.8. The summed E-state index contributed by atoms with van der Waals surface area (Å²) in [5.41, 5.74) is 3.85. The Morgan fingerprint density at radius 2 is 1.68 bits per heavy atom. The number of hydrogen-bond acceptors (Lipinski definition) is 7. The van der Waals surface area contributed by atoms with E-state index in [2.05, 4.69) is 22.8 Å². The number of rotatable bonds is 12. The normalized spacial score (nSPS) is 15.2. The monoisotopic (exact) mass is 683 g/mol. The lowest BCUT2D eigenvalue weighted by atomic mass is 9.89. The average Bonchev–Trinajstić information content (AvgIpc) is 3.08. The number of anilines is 1. The van der Waals surface area contributed by atoms with E-state index in [0.29, 0.717) is 43.0 Å². The maximum Gasteiger partial charge on any atom is 0.407 e. The molecule has 11 heteroatoms. The van der Waals surface area contributed by atoms with Crippen molar-refractivity contribution in [3.8, 4) is 22.5 Å². The first kappa shape index (κ1) is 36.1. The maximum absolute atomic E-state index is 13.1. The molecule has 1 unspecified atom stereocenters. The number of amides is 2. The molecule has 264 valence electrons. The number of fused-ring (bicyclic) bond motifs is 2. The van der Waals surface area contributed by atoms with Crippen molar-refractivity contribution in [2.24, 2.45) is 0 Å². The number of alkyl carbamates (subject to hydrolysis) is 1. The molecule has 0 fully saturated rings. The van der Waals surface area contributed by atoms with E-state index in [9.17, 15) is 19.5 Å². The van der Waals surface area contributed by atoms with E-state index in [4.69, 9.17) is 13.9 Å². The van der Waals surface area contributed by atoms with Crippen molar-refractivity contribution in [2.75, 3.05) is 59.4 Å². The zero-order valence-corrected chi connectivity index (χ0v) is 29.3. The largest absolute Gasteiger partial charge is 0.478 e. The molecule has 0 radical (unpaired) electrons. The lowest BCUT2D eigenvalue weighted by Gasteiger charge is -2.19. The quantitative estimate of drug-likeness (QED) is 0.0744. The fourth-order valence-corrected chi connectivity index (χ4v) is 5.97. The number of hydrogen-bond donors (Lipinski definition) is 3. The number of ether oxygens (including phenoxy) is 2. The Balaban J connectivity index is 1.22. The van der Waals surface area contributed by atoms with Crippen molar-refractivity contribution in [3.05, 3.63) is 83.2 Å². The summed E-state index contributed by atoms with van der Waals surface area (Å²) in [6.45, 7) is 1.75. The van der Waals surface area contributed by atoms with Crippen molar-refractivity contribution < 1.29 is 33.4 Å². The lowest BCUT2D eigenvalue weighted by Crippen LogP contribution is -2.30. The van der Waals surface area contributed by atoms with Crippen molar-refractivity contribution in [1.29, 1.82) is 0 Å². The molecule has 2 amide bonds. The van der Waals surface area contributed by atoms with E-state index in [-0.39, 0.29) is 29.7 Å². The molecule has 11 nitrogen and oxygen atoms in total. The highest BCUT2D eigenvalue weighted by molar-refractivity contribution is 6.09. The summed E-state index contributed by atoms with van der Waals surface area (Å²) in [7, 11) is 7.80. The van der Waals surface area contributed by atoms with Crippen LogP contribution in [0, 0.1) is 0 Å². The first-order valence-electron chi connectivity index (χ1n) is 17.1. The number of aromatic carboxylic acids is 1. The minimum atomic E-state index is -1.13. The number of nitrogens with one attached hydrogen (secondary N) is 2. The van der Waals surface area contributed by atoms with Crippen LogP contribution in [0.4, 0.5) is 10.5 Å². The highest BCUT2D eigenvalue weighted by Gasteiger charge is 2.24. The molecule has 3 aliphatic rings. The molecular formula is C39H47N4O7+. The third kappa shape index (κ3) is 9.09. The Bertz CT molecular complexity index is 1910. The van der Waals surface area contributed by atoms with E-state index >= 15 is 0 Å². The summed E-state index contributed by atoms with van der Waals surface area (Å²) in [5.74, 6) is -0.860. The third-order valence-electron chi connectivity index (χ3n) is 8.77.